The number of hydrogen-bond donors (Lipinski definition) is 3. The minimum absolute atomic E-state index is 0.0193. The molecular weight excluding hydrogens is 835 g/mol. The summed E-state index contributed by atoms with van der Waals surface area (Å²) in [5.41, 5.74) is 1.27. The molecule has 366 valence electrons. The van der Waals surface area contributed by atoms with E-state index in [1.54, 1.807) is 41.1 Å². The SMILES string of the molecule is CO[C@@H]1C(=O)[C@H](C)C[C@H](C)/C=C/C=C/C=C(\C)[C@H](OC)C[C@@H]2CC[C@@H](C)[C@@](O)(O2)C(=O)C(=O)N2CCCCC2C(=O)O[C@H]([C@H](C)C[C@@H]2CC[C@H](O)[C@H](OC)C2)CC(=O)[C@H](C)/C=C(\C)[C@H]1O. The Morgan fingerprint density at radius 1 is 0.846 bits per heavy atom. The normalized spacial score (nSPS) is 40.4. The van der Waals surface area contributed by atoms with E-state index in [4.69, 9.17) is 23.7 Å². The van der Waals surface area contributed by atoms with Crippen LogP contribution in [0.5, 0.6) is 0 Å². The fourth-order valence-corrected chi connectivity index (χ4v) is 10.1. The van der Waals surface area contributed by atoms with Gasteiger partial charge in [0.05, 0.1) is 24.4 Å². The lowest BCUT2D eigenvalue weighted by Gasteiger charge is -2.42. The molecule has 0 aromatic rings. The number of methoxy groups -OCH3 is 3. The van der Waals surface area contributed by atoms with Crippen LogP contribution in [-0.4, -0.2) is 132 Å². The number of allylic oxidation sites excluding steroid dienone is 6. The molecule has 0 spiro atoms. The highest BCUT2D eigenvalue weighted by Crippen LogP contribution is 2.38. The van der Waals surface area contributed by atoms with Crippen LogP contribution in [0.1, 0.15) is 126 Å². The third-order valence-electron chi connectivity index (χ3n) is 14.5. The lowest BCUT2D eigenvalue weighted by molar-refractivity contribution is -0.265. The zero-order chi connectivity index (χ0) is 48.2. The minimum atomic E-state index is -2.43. The predicted octanol–water partition coefficient (Wildman–Crippen LogP) is 6.18. The van der Waals surface area contributed by atoms with E-state index in [0.717, 1.165) is 12.0 Å². The van der Waals surface area contributed by atoms with Crippen LogP contribution in [0.25, 0.3) is 0 Å². The molecule has 4 rings (SSSR count). The second-order valence-corrected chi connectivity index (χ2v) is 19.6. The molecule has 0 aromatic heterocycles. The molecule has 1 unspecified atom stereocenters. The van der Waals surface area contributed by atoms with Crippen LogP contribution in [0.4, 0.5) is 0 Å². The number of carbonyl (C=O) groups is 5. The summed E-state index contributed by atoms with van der Waals surface area (Å²) in [5, 5.41) is 33.8. The van der Waals surface area contributed by atoms with Crippen LogP contribution in [0.3, 0.4) is 0 Å². The van der Waals surface area contributed by atoms with Crippen LogP contribution in [0.2, 0.25) is 0 Å². The quantitative estimate of drug-likeness (QED) is 0.156. The number of piperidine rings is 1. The Morgan fingerprint density at radius 3 is 2.25 bits per heavy atom. The zero-order valence-electron chi connectivity index (χ0n) is 40.6. The Labute approximate surface area is 387 Å². The molecule has 14 heteroatoms. The third-order valence-corrected chi connectivity index (χ3v) is 14.5. The Kier molecular flexibility index (Phi) is 21.0. The zero-order valence-corrected chi connectivity index (χ0v) is 40.6. The number of ketones is 3. The second-order valence-electron chi connectivity index (χ2n) is 19.6. The molecule has 1 amide bonds. The van der Waals surface area contributed by atoms with Gasteiger partial charge in [0.25, 0.3) is 11.7 Å². The van der Waals surface area contributed by atoms with E-state index in [2.05, 4.69) is 0 Å². The van der Waals surface area contributed by atoms with E-state index in [1.807, 2.05) is 58.1 Å². The van der Waals surface area contributed by atoms with E-state index in [1.165, 1.54) is 12.0 Å². The second kappa shape index (κ2) is 25.1. The molecule has 1 aliphatic carbocycles. The number of amides is 1. The molecule has 1 saturated carbocycles. The van der Waals surface area contributed by atoms with Crippen molar-refractivity contribution >= 4 is 29.2 Å². The molecular formula is C51H79NO13. The first-order valence-corrected chi connectivity index (χ1v) is 23.9. The van der Waals surface area contributed by atoms with E-state index in [-0.39, 0.29) is 54.8 Å². The molecule has 2 saturated heterocycles. The van der Waals surface area contributed by atoms with Gasteiger partial charge in [-0.1, -0.05) is 71.1 Å². The molecule has 2 bridgehead atoms. The molecule has 3 fully saturated rings. The maximum atomic E-state index is 14.4. The molecule has 3 N–H and O–H groups in total. The number of hydrogen-bond acceptors (Lipinski definition) is 13. The van der Waals surface area contributed by atoms with Gasteiger partial charge in [-0.3, -0.25) is 19.2 Å². The number of rotatable bonds is 6. The van der Waals surface area contributed by atoms with Gasteiger partial charge >= 0.3 is 5.97 Å². The molecule has 15 atom stereocenters. The number of aliphatic hydroxyl groups is 3. The van der Waals surface area contributed by atoms with Gasteiger partial charge in [-0.15, -0.1) is 0 Å². The van der Waals surface area contributed by atoms with Crippen LogP contribution in [0.15, 0.2) is 47.6 Å². The maximum absolute atomic E-state index is 14.4. The largest absolute Gasteiger partial charge is 0.460 e. The summed E-state index contributed by atoms with van der Waals surface area (Å²) in [6.45, 7) is 12.7. The Bertz CT molecular complexity index is 1760. The van der Waals surface area contributed by atoms with Crippen LogP contribution >= 0.6 is 0 Å². The van der Waals surface area contributed by atoms with Crippen LogP contribution < -0.4 is 0 Å². The lowest BCUT2D eigenvalue weighted by atomic mass is 9.78. The number of carbonyl (C=O) groups excluding carboxylic acids is 5. The maximum Gasteiger partial charge on any atom is 0.329 e. The predicted molar refractivity (Wildman–Crippen MR) is 245 cm³/mol. The third kappa shape index (κ3) is 14.3. The summed E-state index contributed by atoms with van der Waals surface area (Å²) in [4.78, 5) is 71.8. The van der Waals surface area contributed by atoms with Gasteiger partial charge in [-0.2, -0.15) is 0 Å². The van der Waals surface area contributed by atoms with E-state index >= 15 is 0 Å². The van der Waals surface area contributed by atoms with Gasteiger partial charge in [-0.25, -0.2) is 4.79 Å². The van der Waals surface area contributed by atoms with Crippen molar-refractivity contribution < 1.29 is 63.0 Å². The number of nitrogens with zero attached hydrogens (tertiary/aromatic N) is 1. The fraction of sp³-hybridized carbons (Fsp3) is 0.745. The Hall–Kier alpha value is -3.37. The number of cyclic esters (lactones) is 1. The summed E-state index contributed by atoms with van der Waals surface area (Å²) in [7, 11) is 4.52. The van der Waals surface area contributed by atoms with Gasteiger partial charge in [0.1, 0.15) is 30.1 Å². The lowest BCUT2D eigenvalue weighted by Crippen LogP contribution is -2.61. The van der Waals surface area contributed by atoms with Crippen molar-refractivity contribution in [3.05, 3.63) is 47.6 Å². The highest BCUT2D eigenvalue weighted by molar-refractivity contribution is 6.39. The number of aliphatic hydroxyl groups excluding tert-OH is 2. The molecule has 3 aliphatic heterocycles. The van der Waals surface area contributed by atoms with Crippen molar-refractivity contribution in [2.45, 2.75) is 180 Å². The van der Waals surface area contributed by atoms with Gasteiger partial charge in [0, 0.05) is 58.5 Å². The van der Waals surface area contributed by atoms with E-state index < -0.39 is 83.9 Å². The van der Waals surface area contributed by atoms with Crippen molar-refractivity contribution in [2.24, 2.45) is 35.5 Å². The number of Topliss-reactive ketones (excluding diaryl/α,β-unsaturated/α-hetero) is 3. The molecule has 4 aliphatic rings. The first-order valence-electron chi connectivity index (χ1n) is 23.9. The van der Waals surface area contributed by atoms with Gasteiger partial charge < -0.3 is 43.9 Å². The van der Waals surface area contributed by atoms with Gasteiger partial charge in [-0.05, 0) is 107 Å². The van der Waals surface area contributed by atoms with Crippen molar-refractivity contribution in [3.63, 3.8) is 0 Å². The summed E-state index contributed by atoms with van der Waals surface area (Å²) in [6.07, 6.45) is 11.2. The van der Waals surface area contributed by atoms with Gasteiger partial charge in [0.15, 0.2) is 5.78 Å². The highest BCUT2D eigenvalue weighted by atomic mass is 16.6. The van der Waals surface area contributed by atoms with Crippen molar-refractivity contribution in [1.82, 2.24) is 4.90 Å². The Balaban J connectivity index is 1.70. The number of ether oxygens (including phenoxy) is 5. The minimum Gasteiger partial charge on any atom is -0.460 e. The standard InChI is InChI=1S/C51H79NO13/c1-30-16-12-11-13-17-31(2)42(61-8)28-38-21-19-36(7)51(60,65-38)48(57)49(58)52-23-15-14-18-39(52)50(59)64-43(33(4)26-37-20-22-40(53)44(27-37)62-9)29-41(54)32(3)25-35(6)46(56)47(63-10)45(55)34(5)24-30/h11-13,16-17,25,30,32-34,36-40,42-44,46-47,53,56,60H,14-15,18-24,26-29H2,1-10H3/b13-11+,16-12+,31-17+,35-25+/t30-,32-,33-,34-,36-,37+,38+,39?,40+,42-,43+,44-,46-,47-,51-/m1/s1. The summed E-state index contributed by atoms with van der Waals surface area (Å²) >= 11 is 0. The van der Waals surface area contributed by atoms with E-state index in [9.17, 15) is 39.3 Å². The van der Waals surface area contributed by atoms with Crippen molar-refractivity contribution in [2.75, 3.05) is 27.9 Å². The highest BCUT2D eigenvalue weighted by Gasteiger charge is 2.53. The monoisotopic (exact) mass is 914 g/mol. The average molecular weight is 914 g/mol. The summed E-state index contributed by atoms with van der Waals surface area (Å²) in [5.74, 6) is -7.96. The summed E-state index contributed by atoms with van der Waals surface area (Å²) in [6, 6.07) is -1.14. The first-order chi connectivity index (χ1) is 30.7. The molecule has 0 radical (unpaired) electrons. The van der Waals surface area contributed by atoms with Crippen molar-refractivity contribution in [1.29, 1.82) is 0 Å². The Morgan fingerprint density at radius 2 is 1.57 bits per heavy atom. The van der Waals surface area contributed by atoms with Crippen LogP contribution in [-0.2, 0) is 47.7 Å². The van der Waals surface area contributed by atoms with Gasteiger partial charge in [0.2, 0.25) is 5.79 Å². The summed E-state index contributed by atoms with van der Waals surface area (Å²) < 4.78 is 29.4. The molecule has 14 nitrogen and oxygen atoms in total. The average Bonchev–Trinajstić information content (AvgIpc) is 3.28. The topological polar surface area (TPSA) is 195 Å². The molecule has 0 aromatic carbocycles. The first kappa shape index (κ1) is 54.2. The van der Waals surface area contributed by atoms with Crippen molar-refractivity contribution in [3.8, 4) is 0 Å². The molecule has 65 heavy (non-hydrogen) atoms. The number of esters is 1. The van der Waals surface area contributed by atoms with Crippen LogP contribution in [0, 0.1) is 35.5 Å². The fourth-order valence-electron chi connectivity index (χ4n) is 10.1. The number of fused-ring (bicyclic) bond motifs is 3. The van der Waals surface area contributed by atoms with E-state index in [0.29, 0.717) is 63.4 Å². The smallest absolute Gasteiger partial charge is 0.329 e. The molecule has 3 heterocycles.